The second kappa shape index (κ2) is 10.5. The quantitative estimate of drug-likeness (QED) is 0.223. The Kier molecular flexibility index (Phi) is 7.73. The van der Waals surface area contributed by atoms with E-state index in [9.17, 15) is 20.2 Å². The SMILES string of the molecule is CCCCCOc1ccc(/C=C(\C#N)C(=O)Nc2cccc([N+](=O)[O-])c2)cc1. The Morgan fingerprint density at radius 3 is 2.64 bits per heavy atom. The number of rotatable bonds is 9. The number of nitrogens with one attached hydrogen (secondary N) is 1. The van der Waals surface area contributed by atoms with E-state index in [1.807, 2.05) is 6.07 Å². The predicted octanol–water partition coefficient (Wildman–Crippen LogP) is 4.71. The van der Waals surface area contributed by atoms with Crippen LogP contribution in [0.25, 0.3) is 6.08 Å². The Morgan fingerprint density at radius 1 is 1.25 bits per heavy atom. The minimum Gasteiger partial charge on any atom is -0.494 e. The minimum absolute atomic E-state index is 0.108. The van der Waals surface area contributed by atoms with Gasteiger partial charge < -0.3 is 10.1 Å². The van der Waals surface area contributed by atoms with Gasteiger partial charge in [0.1, 0.15) is 17.4 Å². The maximum Gasteiger partial charge on any atom is 0.271 e. The summed E-state index contributed by atoms with van der Waals surface area (Å²) in [5.41, 5.74) is 0.667. The van der Waals surface area contributed by atoms with Gasteiger partial charge >= 0.3 is 0 Å². The van der Waals surface area contributed by atoms with Gasteiger partial charge in [-0.25, -0.2) is 0 Å². The molecular formula is C21H21N3O4. The molecule has 2 rings (SSSR count). The van der Waals surface area contributed by atoms with Gasteiger partial charge in [0, 0.05) is 17.8 Å². The Labute approximate surface area is 163 Å². The summed E-state index contributed by atoms with van der Waals surface area (Å²) in [6.07, 6.45) is 4.69. The number of nitro groups is 1. The van der Waals surface area contributed by atoms with Crippen molar-refractivity contribution in [2.75, 3.05) is 11.9 Å². The lowest BCUT2D eigenvalue weighted by molar-refractivity contribution is -0.384. The number of hydrogen-bond acceptors (Lipinski definition) is 5. The number of ether oxygens (including phenoxy) is 1. The van der Waals surface area contributed by atoms with E-state index in [0.717, 1.165) is 25.0 Å². The summed E-state index contributed by atoms with van der Waals surface area (Å²) >= 11 is 0. The zero-order chi connectivity index (χ0) is 20.4. The second-order valence-corrected chi connectivity index (χ2v) is 6.06. The lowest BCUT2D eigenvalue weighted by atomic mass is 10.1. The molecule has 144 valence electrons. The van der Waals surface area contributed by atoms with Crippen LogP contribution >= 0.6 is 0 Å². The van der Waals surface area contributed by atoms with Crippen molar-refractivity contribution in [2.24, 2.45) is 0 Å². The number of unbranched alkanes of at least 4 members (excludes halogenated alkanes) is 2. The monoisotopic (exact) mass is 379 g/mol. The van der Waals surface area contributed by atoms with E-state index in [1.54, 1.807) is 24.3 Å². The summed E-state index contributed by atoms with van der Waals surface area (Å²) in [5, 5.41) is 22.6. The van der Waals surface area contributed by atoms with Crippen LogP contribution < -0.4 is 10.1 Å². The second-order valence-electron chi connectivity index (χ2n) is 6.06. The molecular weight excluding hydrogens is 358 g/mol. The molecule has 0 aromatic heterocycles. The Morgan fingerprint density at radius 2 is 2.00 bits per heavy atom. The van der Waals surface area contributed by atoms with Gasteiger partial charge in [-0.15, -0.1) is 0 Å². The molecule has 7 nitrogen and oxygen atoms in total. The Balaban J connectivity index is 2.04. The highest BCUT2D eigenvalue weighted by Gasteiger charge is 2.12. The van der Waals surface area contributed by atoms with Gasteiger partial charge in [-0.1, -0.05) is 38.0 Å². The average Bonchev–Trinajstić information content (AvgIpc) is 2.70. The van der Waals surface area contributed by atoms with E-state index >= 15 is 0 Å². The van der Waals surface area contributed by atoms with Crippen molar-refractivity contribution < 1.29 is 14.5 Å². The van der Waals surface area contributed by atoms with E-state index in [4.69, 9.17) is 4.74 Å². The number of nitriles is 1. The standard InChI is InChI=1S/C21H21N3O4/c1-2-3-4-12-28-20-10-8-16(9-11-20)13-17(15-22)21(25)23-18-6-5-7-19(14-18)24(26)27/h5-11,13-14H,2-4,12H2,1H3,(H,23,25)/b17-13+. The van der Waals surface area contributed by atoms with Gasteiger partial charge in [0.05, 0.1) is 11.5 Å². The predicted molar refractivity (Wildman–Crippen MR) is 107 cm³/mol. The molecule has 0 heterocycles. The van der Waals surface area contributed by atoms with Crippen LogP contribution in [-0.2, 0) is 4.79 Å². The summed E-state index contributed by atoms with van der Waals surface area (Å²) in [6.45, 7) is 2.78. The molecule has 0 unspecified atom stereocenters. The maximum atomic E-state index is 12.3. The van der Waals surface area contributed by atoms with Crippen molar-refractivity contribution in [1.29, 1.82) is 5.26 Å². The molecule has 0 atom stereocenters. The highest BCUT2D eigenvalue weighted by Crippen LogP contribution is 2.19. The number of nitrogens with zero attached hydrogens (tertiary/aromatic N) is 2. The molecule has 0 aliphatic heterocycles. The third-order valence-electron chi connectivity index (χ3n) is 3.89. The lowest BCUT2D eigenvalue weighted by Crippen LogP contribution is -2.13. The van der Waals surface area contributed by atoms with Crippen LogP contribution in [0, 0.1) is 21.4 Å². The fraction of sp³-hybridized carbons (Fsp3) is 0.238. The molecule has 0 fully saturated rings. The summed E-state index contributed by atoms with van der Waals surface area (Å²) in [4.78, 5) is 22.6. The summed E-state index contributed by atoms with van der Waals surface area (Å²) in [6, 6.07) is 14.5. The van der Waals surface area contributed by atoms with E-state index in [2.05, 4.69) is 12.2 Å². The molecule has 2 aromatic rings. The first kappa shape index (κ1) is 20.6. The smallest absolute Gasteiger partial charge is 0.271 e. The third-order valence-corrected chi connectivity index (χ3v) is 3.89. The molecule has 7 heteroatoms. The number of nitro benzene ring substituents is 1. The van der Waals surface area contributed by atoms with Crippen molar-refractivity contribution in [3.63, 3.8) is 0 Å². The van der Waals surface area contributed by atoms with Crippen molar-refractivity contribution in [2.45, 2.75) is 26.2 Å². The van der Waals surface area contributed by atoms with E-state index in [-0.39, 0.29) is 16.9 Å². The van der Waals surface area contributed by atoms with Crippen molar-refractivity contribution in [1.82, 2.24) is 0 Å². The molecule has 1 N–H and O–H groups in total. The Bertz CT molecular complexity index is 899. The summed E-state index contributed by atoms with van der Waals surface area (Å²) in [7, 11) is 0. The molecule has 0 radical (unpaired) electrons. The third kappa shape index (κ3) is 6.25. The van der Waals surface area contributed by atoms with Crippen LogP contribution in [0.4, 0.5) is 11.4 Å². The van der Waals surface area contributed by atoms with Crippen LogP contribution in [0.5, 0.6) is 5.75 Å². The van der Waals surface area contributed by atoms with Crippen LogP contribution in [0.2, 0.25) is 0 Å². The molecule has 0 spiro atoms. The maximum absolute atomic E-state index is 12.3. The first-order valence-corrected chi connectivity index (χ1v) is 8.94. The minimum atomic E-state index is -0.636. The number of non-ortho nitro benzene ring substituents is 1. The molecule has 1 amide bonds. The van der Waals surface area contributed by atoms with Gasteiger partial charge in [0.2, 0.25) is 0 Å². The van der Waals surface area contributed by atoms with Crippen LogP contribution in [0.15, 0.2) is 54.1 Å². The molecule has 0 aliphatic rings. The summed E-state index contributed by atoms with van der Waals surface area (Å²) in [5.74, 6) is 0.0932. The molecule has 2 aromatic carbocycles. The number of hydrogen-bond donors (Lipinski definition) is 1. The normalized spacial score (nSPS) is 10.8. The van der Waals surface area contributed by atoms with Crippen molar-refractivity contribution in [3.8, 4) is 11.8 Å². The largest absolute Gasteiger partial charge is 0.494 e. The van der Waals surface area contributed by atoms with E-state index < -0.39 is 10.8 Å². The van der Waals surface area contributed by atoms with Gasteiger partial charge in [-0.2, -0.15) is 5.26 Å². The zero-order valence-electron chi connectivity index (χ0n) is 15.6. The van der Waals surface area contributed by atoms with Gasteiger partial charge in [-0.3, -0.25) is 14.9 Å². The van der Waals surface area contributed by atoms with Gasteiger partial charge in [-0.05, 0) is 36.3 Å². The van der Waals surface area contributed by atoms with Crippen molar-refractivity contribution >= 4 is 23.4 Å². The number of amides is 1. The first-order chi connectivity index (χ1) is 13.5. The van der Waals surface area contributed by atoms with Crippen LogP contribution in [0.3, 0.4) is 0 Å². The number of benzene rings is 2. The Hall–Kier alpha value is -3.66. The van der Waals surface area contributed by atoms with E-state index in [1.165, 1.54) is 30.3 Å². The topological polar surface area (TPSA) is 105 Å². The number of carbonyl (C=O) groups excluding carboxylic acids is 1. The lowest BCUT2D eigenvalue weighted by Gasteiger charge is -2.06. The first-order valence-electron chi connectivity index (χ1n) is 8.94. The zero-order valence-corrected chi connectivity index (χ0v) is 15.6. The fourth-order valence-electron chi connectivity index (χ4n) is 2.41. The molecule has 28 heavy (non-hydrogen) atoms. The van der Waals surface area contributed by atoms with Gasteiger partial charge in [0.15, 0.2) is 0 Å². The molecule has 0 saturated carbocycles. The number of carbonyl (C=O) groups is 1. The van der Waals surface area contributed by atoms with E-state index in [0.29, 0.717) is 12.2 Å². The fourth-order valence-corrected chi connectivity index (χ4v) is 2.41. The highest BCUT2D eigenvalue weighted by molar-refractivity contribution is 6.09. The molecule has 0 saturated heterocycles. The average molecular weight is 379 g/mol. The molecule has 0 aliphatic carbocycles. The van der Waals surface area contributed by atoms with Crippen LogP contribution in [0.1, 0.15) is 31.7 Å². The number of anilines is 1. The van der Waals surface area contributed by atoms with Crippen molar-refractivity contribution in [3.05, 3.63) is 69.8 Å². The highest BCUT2D eigenvalue weighted by atomic mass is 16.6. The van der Waals surface area contributed by atoms with Gasteiger partial charge in [0.25, 0.3) is 11.6 Å². The van der Waals surface area contributed by atoms with Crippen LogP contribution in [-0.4, -0.2) is 17.4 Å². The summed E-state index contributed by atoms with van der Waals surface area (Å²) < 4.78 is 5.63. The molecule has 0 bridgehead atoms.